The number of halogens is 3. The van der Waals surface area contributed by atoms with Crippen LogP contribution in [-0.2, 0) is 11.3 Å². The van der Waals surface area contributed by atoms with E-state index in [9.17, 15) is 18.0 Å². The molecule has 0 radical (unpaired) electrons. The van der Waals surface area contributed by atoms with E-state index in [2.05, 4.69) is 0 Å². The zero-order valence-corrected chi connectivity index (χ0v) is 19.4. The van der Waals surface area contributed by atoms with E-state index < -0.39 is 12.8 Å². The molecule has 1 aromatic heterocycles. The van der Waals surface area contributed by atoms with Crippen LogP contribution in [0.5, 0.6) is 5.75 Å². The van der Waals surface area contributed by atoms with Gasteiger partial charge in [-0.15, -0.1) is 0 Å². The van der Waals surface area contributed by atoms with Gasteiger partial charge in [0.25, 0.3) is 0 Å². The van der Waals surface area contributed by atoms with Crippen molar-refractivity contribution in [1.29, 1.82) is 0 Å². The molecule has 0 atom stereocenters. The minimum absolute atomic E-state index is 0.144. The fraction of sp³-hybridized carbons (Fsp3) is 0.462. The third-order valence-electron chi connectivity index (χ3n) is 6.40. The second kappa shape index (κ2) is 10.5. The second-order valence-electron chi connectivity index (χ2n) is 8.73. The lowest BCUT2D eigenvalue weighted by atomic mass is 9.94. The number of carbonyl (C=O) groups is 1. The van der Waals surface area contributed by atoms with Crippen molar-refractivity contribution >= 4 is 16.9 Å². The molecule has 0 unspecified atom stereocenters. The van der Waals surface area contributed by atoms with Crippen LogP contribution in [0.25, 0.3) is 22.4 Å². The van der Waals surface area contributed by atoms with Crippen LogP contribution in [0.1, 0.15) is 45.4 Å². The molecule has 0 N–H and O–H groups in total. The molecule has 5 nitrogen and oxygen atoms in total. The molecule has 2 aromatic carbocycles. The van der Waals surface area contributed by atoms with Gasteiger partial charge < -0.3 is 14.2 Å². The predicted octanol–water partition coefficient (Wildman–Crippen LogP) is 6.22. The second-order valence-corrected chi connectivity index (χ2v) is 8.73. The average Bonchev–Trinajstić information content (AvgIpc) is 3.21. The fourth-order valence-electron chi connectivity index (χ4n) is 4.77. The summed E-state index contributed by atoms with van der Waals surface area (Å²) < 4.78 is 44.2. The highest BCUT2D eigenvalue weighted by molar-refractivity contribution is 5.81. The van der Waals surface area contributed by atoms with Crippen LogP contribution in [0.3, 0.4) is 0 Å². The van der Waals surface area contributed by atoms with Gasteiger partial charge in [-0.25, -0.2) is 4.98 Å². The molecule has 1 aliphatic carbocycles. The molecule has 1 amide bonds. The van der Waals surface area contributed by atoms with E-state index in [1.807, 2.05) is 40.7 Å². The van der Waals surface area contributed by atoms with Gasteiger partial charge in [0.05, 0.1) is 11.0 Å². The number of hydrogen-bond acceptors (Lipinski definition) is 3. The summed E-state index contributed by atoms with van der Waals surface area (Å²) in [4.78, 5) is 19.9. The summed E-state index contributed by atoms with van der Waals surface area (Å²) in [5.74, 6) is 0.969. The van der Waals surface area contributed by atoms with Crippen molar-refractivity contribution in [3.8, 4) is 17.1 Å². The molecule has 0 spiro atoms. The number of rotatable bonds is 8. The van der Waals surface area contributed by atoms with E-state index in [0.29, 0.717) is 31.4 Å². The van der Waals surface area contributed by atoms with E-state index in [-0.39, 0.29) is 11.7 Å². The molecule has 1 aliphatic rings. The van der Waals surface area contributed by atoms with Gasteiger partial charge in [-0.2, -0.15) is 13.2 Å². The van der Waals surface area contributed by atoms with Gasteiger partial charge in [-0.3, -0.25) is 4.79 Å². The predicted molar refractivity (Wildman–Crippen MR) is 126 cm³/mol. The SMILES string of the molecule is CCN(C(=O)CCn1c(-c2ccc(OCC(F)(F)F)cc2)nc2ccccc21)C1CCCCC1. The maximum atomic E-state index is 13.1. The van der Waals surface area contributed by atoms with Crippen molar-refractivity contribution < 1.29 is 22.7 Å². The number of amides is 1. The Bertz CT molecular complexity index is 1100. The van der Waals surface area contributed by atoms with Crippen LogP contribution in [-0.4, -0.2) is 45.7 Å². The van der Waals surface area contributed by atoms with Crippen LogP contribution in [0.2, 0.25) is 0 Å². The minimum Gasteiger partial charge on any atom is -0.484 e. The maximum absolute atomic E-state index is 13.1. The summed E-state index contributed by atoms with van der Waals surface area (Å²) in [6, 6.07) is 14.5. The van der Waals surface area contributed by atoms with Crippen molar-refractivity contribution in [3.63, 3.8) is 0 Å². The monoisotopic (exact) mass is 473 g/mol. The van der Waals surface area contributed by atoms with Crippen LogP contribution in [0, 0.1) is 0 Å². The molecule has 1 saturated carbocycles. The maximum Gasteiger partial charge on any atom is 0.422 e. The number of ether oxygens (including phenoxy) is 1. The number of aryl methyl sites for hydroxylation is 1. The first kappa shape index (κ1) is 24.1. The standard InChI is InChI=1S/C26H30F3N3O2/c1-2-31(20-8-4-3-5-9-20)24(33)16-17-32-23-11-7-6-10-22(23)30-25(32)19-12-14-21(15-13-19)34-18-26(27,28)29/h6-7,10-15,20H,2-5,8-9,16-18H2,1H3. The molecule has 182 valence electrons. The first-order valence-electron chi connectivity index (χ1n) is 11.9. The average molecular weight is 474 g/mol. The van der Waals surface area contributed by atoms with Crippen molar-refractivity contribution in [1.82, 2.24) is 14.5 Å². The molecular weight excluding hydrogens is 443 g/mol. The van der Waals surface area contributed by atoms with E-state index in [4.69, 9.17) is 9.72 Å². The Morgan fingerprint density at radius 2 is 1.79 bits per heavy atom. The highest BCUT2D eigenvalue weighted by Crippen LogP contribution is 2.28. The Morgan fingerprint density at radius 1 is 1.09 bits per heavy atom. The number of carbonyl (C=O) groups excluding carboxylic acids is 1. The van der Waals surface area contributed by atoms with Crippen molar-refractivity contribution in [2.75, 3.05) is 13.2 Å². The molecule has 34 heavy (non-hydrogen) atoms. The molecule has 0 aliphatic heterocycles. The number of benzene rings is 2. The van der Waals surface area contributed by atoms with Crippen molar-refractivity contribution in [2.24, 2.45) is 0 Å². The van der Waals surface area contributed by atoms with Crippen LogP contribution < -0.4 is 4.74 Å². The number of aromatic nitrogens is 2. The number of para-hydroxylation sites is 2. The summed E-state index contributed by atoms with van der Waals surface area (Å²) in [5.41, 5.74) is 2.48. The van der Waals surface area contributed by atoms with Crippen molar-refractivity contribution in [3.05, 3.63) is 48.5 Å². The van der Waals surface area contributed by atoms with E-state index >= 15 is 0 Å². The number of alkyl halides is 3. The van der Waals surface area contributed by atoms with Crippen LogP contribution in [0.4, 0.5) is 13.2 Å². The van der Waals surface area contributed by atoms with E-state index in [1.54, 1.807) is 12.1 Å². The highest BCUT2D eigenvalue weighted by atomic mass is 19.4. The summed E-state index contributed by atoms with van der Waals surface area (Å²) in [6.07, 6.45) is 1.71. The number of fused-ring (bicyclic) bond motifs is 1. The van der Waals surface area contributed by atoms with Crippen LogP contribution >= 0.6 is 0 Å². The molecular formula is C26H30F3N3O2. The lowest BCUT2D eigenvalue weighted by Crippen LogP contribution is -2.41. The Labute approximate surface area is 197 Å². The number of nitrogens with zero attached hydrogens (tertiary/aromatic N) is 3. The van der Waals surface area contributed by atoms with E-state index in [0.717, 1.165) is 29.4 Å². The third-order valence-corrected chi connectivity index (χ3v) is 6.40. The van der Waals surface area contributed by atoms with Gasteiger partial charge in [0, 0.05) is 31.1 Å². The Morgan fingerprint density at radius 3 is 2.47 bits per heavy atom. The summed E-state index contributed by atoms with van der Waals surface area (Å²) in [5, 5.41) is 0. The van der Waals surface area contributed by atoms with Crippen LogP contribution in [0.15, 0.2) is 48.5 Å². The molecule has 0 saturated heterocycles. The first-order chi connectivity index (χ1) is 16.4. The quantitative estimate of drug-likeness (QED) is 0.390. The number of imidazole rings is 1. The summed E-state index contributed by atoms with van der Waals surface area (Å²) in [7, 11) is 0. The summed E-state index contributed by atoms with van der Waals surface area (Å²) >= 11 is 0. The lowest BCUT2D eigenvalue weighted by Gasteiger charge is -2.33. The Hall–Kier alpha value is -3.03. The fourth-order valence-corrected chi connectivity index (χ4v) is 4.77. The van der Waals surface area contributed by atoms with Gasteiger partial charge in [0.15, 0.2) is 6.61 Å². The molecule has 0 bridgehead atoms. The molecule has 8 heteroatoms. The zero-order chi connectivity index (χ0) is 24.1. The van der Waals surface area contributed by atoms with Crippen molar-refractivity contribution in [2.45, 2.75) is 64.2 Å². The molecule has 4 rings (SSSR count). The molecule has 1 fully saturated rings. The highest BCUT2D eigenvalue weighted by Gasteiger charge is 2.28. The van der Waals surface area contributed by atoms with Gasteiger partial charge in [0.1, 0.15) is 11.6 Å². The molecule has 3 aromatic rings. The number of hydrogen-bond donors (Lipinski definition) is 0. The lowest BCUT2D eigenvalue weighted by molar-refractivity contribution is -0.153. The largest absolute Gasteiger partial charge is 0.484 e. The zero-order valence-electron chi connectivity index (χ0n) is 19.4. The normalized spacial score (nSPS) is 14.9. The minimum atomic E-state index is -4.39. The topological polar surface area (TPSA) is 47.4 Å². The van der Waals surface area contributed by atoms with Gasteiger partial charge >= 0.3 is 6.18 Å². The van der Waals surface area contributed by atoms with E-state index in [1.165, 1.54) is 31.4 Å². The molecule has 1 heterocycles. The first-order valence-corrected chi connectivity index (χ1v) is 11.9. The summed E-state index contributed by atoms with van der Waals surface area (Å²) in [6.45, 7) is 1.89. The van der Waals surface area contributed by atoms with Gasteiger partial charge in [-0.1, -0.05) is 31.4 Å². The Balaban J connectivity index is 1.54. The van der Waals surface area contributed by atoms with Gasteiger partial charge in [-0.05, 0) is 56.2 Å². The Kier molecular flexibility index (Phi) is 7.44. The smallest absolute Gasteiger partial charge is 0.422 e. The third kappa shape index (κ3) is 5.72. The van der Waals surface area contributed by atoms with Gasteiger partial charge in [0.2, 0.25) is 5.91 Å².